The molecule has 8 heteroatoms. The lowest BCUT2D eigenvalue weighted by Crippen LogP contribution is -2.47. The fourth-order valence-corrected chi connectivity index (χ4v) is 3.59. The van der Waals surface area contributed by atoms with Gasteiger partial charge in [-0.3, -0.25) is 14.7 Å². The Hall–Kier alpha value is -3.52. The summed E-state index contributed by atoms with van der Waals surface area (Å²) in [5, 5.41) is 4.00. The van der Waals surface area contributed by atoms with E-state index in [1.165, 1.54) is 18.3 Å². The Balaban J connectivity index is 1.30. The third-order valence-corrected chi connectivity index (χ3v) is 5.48. The van der Waals surface area contributed by atoms with Crippen LogP contribution in [0.15, 0.2) is 53.3 Å². The van der Waals surface area contributed by atoms with E-state index >= 15 is 0 Å². The molecule has 32 heavy (non-hydrogen) atoms. The standard InChI is InChI=1S/C24H25FN4O3/c1-17-21(18(2)32-27-17)16-28-10-12-29(13-11-28)24(30)8-6-19-5-7-23(22(25)14-19)31-20-4-3-9-26-15-20/h3-9,14-15H,10-13,16H2,1-2H3/b8-6+. The van der Waals surface area contributed by atoms with Crippen molar-refractivity contribution >= 4 is 12.0 Å². The average Bonchev–Trinajstić information content (AvgIpc) is 3.12. The first-order chi connectivity index (χ1) is 15.5. The van der Waals surface area contributed by atoms with E-state index in [-0.39, 0.29) is 11.7 Å². The third-order valence-electron chi connectivity index (χ3n) is 5.48. The second kappa shape index (κ2) is 9.74. The van der Waals surface area contributed by atoms with Gasteiger partial charge in [0.1, 0.15) is 11.5 Å². The largest absolute Gasteiger partial charge is 0.453 e. The maximum absolute atomic E-state index is 14.4. The van der Waals surface area contributed by atoms with Crippen molar-refractivity contribution in [1.82, 2.24) is 19.9 Å². The van der Waals surface area contributed by atoms with Crippen molar-refractivity contribution in [2.75, 3.05) is 26.2 Å². The number of nitrogens with zero attached hydrogens (tertiary/aromatic N) is 4. The Kier molecular flexibility index (Phi) is 6.61. The predicted octanol–water partition coefficient (Wildman–Crippen LogP) is 3.98. The number of halogens is 1. The van der Waals surface area contributed by atoms with Gasteiger partial charge in [-0.25, -0.2) is 4.39 Å². The van der Waals surface area contributed by atoms with Crippen LogP contribution < -0.4 is 4.74 Å². The van der Waals surface area contributed by atoms with Crippen LogP contribution >= 0.6 is 0 Å². The zero-order chi connectivity index (χ0) is 22.5. The van der Waals surface area contributed by atoms with Crippen molar-refractivity contribution in [3.8, 4) is 11.5 Å². The molecule has 7 nitrogen and oxygen atoms in total. The molecule has 1 aliphatic rings. The summed E-state index contributed by atoms with van der Waals surface area (Å²) in [7, 11) is 0. The van der Waals surface area contributed by atoms with E-state index in [1.807, 2.05) is 13.8 Å². The van der Waals surface area contributed by atoms with Gasteiger partial charge in [-0.05, 0) is 49.8 Å². The van der Waals surface area contributed by atoms with Crippen LogP contribution in [0.4, 0.5) is 4.39 Å². The summed E-state index contributed by atoms with van der Waals surface area (Å²) in [5.41, 5.74) is 2.61. The SMILES string of the molecule is Cc1noc(C)c1CN1CCN(C(=O)/C=C/c2ccc(Oc3cccnc3)c(F)c2)CC1. The van der Waals surface area contributed by atoms with Gasteiger partial charge in [-0.15, -0.1) is 0 Å². The number of hydrogen-bond acceptors (Lipinski definition) is 6. The van der Waals surface area contributed by atoms with E-state index in [9.17, 15) is 9.18 Å². The number of amides is 1. The van der Waals surface area contributed by atoms with Crippen molar-refractivity contribution in [2.45, 2.75) is 20.4 Å². The van der Waals surface area contributed by atoms with Crippen molar-refractivity contribution < 1.29 is 18.4 Å². The highest BCUT2D eigenvalue weighted by atomic mass is 19.1. The molecule has 0 spiro atoms. The van der Waals surface area contributed by atoms with E-state index in [1.54, 1.807) is 41.4 Å². The fraction of sp³-hybridized carbons (Fsp3) is 0.292. The molecule has 0 saturated carbocycles. The highest BCUT2D eigenvalue weighted by molar-refractivity contribution is 5.91. The van der Waals surface area contributed by atoms with Crippen LogP contribution in [0.3, 0.4) is 0 Å². The number of rotatable bonds is 6. The van der Waals surface area contributed by atoms with E-state index in [2.05, 4.69) is 15.0 Å². The number of hydrogen-bond donors (Lipinski definition) is 0. The van der Waals surface area contributed by atoms with Crippen LogP contribution in [-0.2, 0) is 11.3 Å². The zero-order valence-corrected chi connectivity index (χ0v) is 18.1. The molecule has 1 saturated heterocycles. The minimum atomic E-state index is -0.503. The van der Waals surface area contributed by atoms with Gasteiger partial charge >= 0.3 is 0 Å². The molecule has 1 amide bonds. The molecule has 4 rings (SSSR count). The summed E-state index contributed by atoms with van der Waals surface area (Å²) in [4.78, 5) is 20.6. The first kappa shape index (κ1) is 21.7. The maximum atomic E-state index is 14.4. The Morgan fingerprint density at radius 1 is 1.22 bits per heavy atom. The lowest BCUT2D eigenvalue weighted by atomic mass is 10.1. The van der Waals surface area contributed by atoms with Crippen LogP contribution in [0.25, 0.3) is 6.08 Å². The molecule has 0 atom stereocenters. The van der Waals surface area contributed by atoms with Gasteiger partial charge in [0.25, 0.3) is 0 Å². The minimum Gasteiger partial charge on any atom is -0.453 e. The molecule has 3 heterocycles. The van der Waals surface area contributed by atoms with Crippen LogP contribution in [-0.4, -0.2) is 52.0 Å². The number of ether oxygens (including phenoxy) is 1. The Morgan fingerprint density at radius 2 is 2.03 bits per heavy atom. The number of carbonyl (C=O) groups excluding carboxylic acids is 1. The van der Waals surface area contributed by atoms with E-state index in [0.29, 0.717) is 24.4 Å². The highest BCUT2D eigenvalue weighted by Crippen LogP contribution is 2.25. The molecule has 0 unspecified atom stereocenters. The highest BCUT2D eigenvalue weighted by Gasteiger charge is 2.21. The van der Waals surface area contributed by atoms with Gasteiger partial charge in [0.15, 0.2) is 11.6 Å². The maximum Gasteiger partial charge on any atom is 0.246 e. The van der Waals surface area contributed by atoms with Gasteiger partial charge in [0.05, 0.1) is 11.9 Å². The average molecular weight is 436 g/mol. The molecule has 1 fully saturated rings. The molecule has 3 aromatic rings. The van der Waals surface area contributed by atoms with Gasteiger partial charge in [-0.2, -0.15) is 0 Å². The molecule has 1 aromatic carbocycles. The molecular weight excluding hydrogens is 411 g/mol. The van der Waals surface area contributed by atoms with Crippen LogP contribution in [0.2, 0.25) is 0 Å². The second-order valence-electron chi connectivity index (χ2n) is 7.72. The van der Waals surface area contributed by atoms with Gasteiger partial charge in [0.2, 0.25) is 5.91 Å². The van der Waals surface area contributed by atoms with E-state index < -0.39 is 5.82 Å². The monoisotopic (exact) mass is 436 g/mol. The second-order valence-corrected chi connectivity index (χ2v) is 7.72. The van der Waals surface area contributed by atoms with Crippen LogP contribution in [0, 0.1) is 19.7 Å². The molecule has 0 N–H and O–H groups in total. The molecule has 1 aliphatic heterocycles. The summed E-state index contributed by atoms with van der Waals surface area (Å²) in [6.07, 6.45) is 6.24. The number of aryl methyl sites for hydroxylation is 2. The van der Waals surface area contributed by atoms with Crippen LogP contribution in [0.5, 0.6) is 11.5 Å². The lowest BCUT2D eigenvalue weighted by molar-refractivity contribution is -0.127. The van der Waals surface area contributed by atoms with E-state index in [4.69, 9.17) is 9.26 Å². The summed E-state index contributed by atoms with van der Waals surface area (Å²) < 4.78 is 25.1. The van der Waals surface area contributed by atoms with Crippen molar-refractivity contribution in [1.29, 1.82) is 0 Å². The number of aromatic nitrogens is 2. The smallest absolute Gasteiger partial charge is 0.246 e. The molecule has 0 bridgehead atoms. The molecule has 166 valence electrons. The Labute approximate surface area is 186 Å². The minimum absolute atomic E-state index is 0.0851. The zero-order valence-electron chi connectivity index (χ0n) is 18.1. The molecular formula is C24H25FN4O3. The molecule has 0 radical (unpaired) electrons. The number of pyridine rings is 1. The lowest BCUT2D eigenvalue weighted by Gasteiger charge is -2.34. The number of carbonyl (C=O) groups is 1. The fourth-order valence-electron chi connectivity index (χ4n) is 3.59. The van der Waals surface area contributed by atoms with Gasteiger partial charge in [0, 0.05) is 50.6 Å². The van der Waals surface area contributed by atoms with Gasteiger partial charge in [-0.1, -0.05) is 11.2 Å². The topological polar surface area (TPSA) is 71.7 Å². The molecule has 2 aromatic heterocycles. The van der Waals surface area contributed by atoms with Crippen molar-refractivity contribution in [2.24, 2.45) is 0 Å². The normalized spacial score (nSPS) is 14.8. The summed E-state index contributed by atoms with van der Waals surface area (Å²) in [6, 6.07) is 8.01. The first-order valence-corrected chi connectivity index (χ1v) is 10.5. The Morgan fingerprint density at radius 3 is 2.69 bits per heavy atom. The van der Waals surface area contributed by atoms with E-state index in [0.717, 1.165) is 36.7 Å². The quantitative estimate of drug-likeness (QED) is 0.545. The van der Waals surface area contributed by atoms with Crippen molar-refractivity contribution in [3.63, 3.8) is 0 Å². The van der Waals surface area contributed by atoms with Crippen LogP contribution in [0.1, 0.15) is 22.6 Å². The first-order valence-electron chi connectivity index (χ1n) is 10.5. The third kappa shape index (κ3) is 5.20. The van der Waals surface area contributed by atoms with Gasteiger partial charge < -0.3 is 14.2 Å². The summed E-state index contributed by atoms with van der Waals surface area (Å²) in [6.45, 7) is 7.46. The summed E-state index contributed by atoms with van der Waals surface area (Å²) in [5.74, 6) is 0.816. The molecule has 0 aliphatic carbocycles. The summed E-state index contributed by atoms with van der Waals surface area (Å²) >= 11 is 0. The van der Waals surface area contributed by atoms with Crippen molar-refractivity contribution in [3.05, 3.63) is 77.2 Å². The predicted molar refractivity (Wildman–Crippen MR) is 118 cm³/mol. The number of piperazine rings is 1. The Bertz CT molecular complexity index is 1090. The number of benzene rings is 1.